The lowest BCUT2D eigenvalue weighted by Gasteiger charge is -2.25. The number of nitrogens with zero attached hydrogens (tertiary/aromatic N) is 4. The lowest BCUT2D eigenvalue weighted by atomic mass is 10.1. The second-order valence-corrected chi connectivity index (χ2v) is 9.35. The van der Waals surface area contributed by atoms with Crippen molar-refractivity contribution in [1.29, 1.82) is 0 Å². The van der Waals surface area contributed by atoms with Gasteiger partial charge in [0.1, 0.15) is 16.5 Å². The van der Waals surface area contributed by atoms with Gasteiger partial charge in [-0.25, -0.2) is 9.97 Å². The molecule has 1 aromatic carbocycles. The zero-order valence-corrected chi connectivity index (χ0v) is 22.8. The van der Waals surface area contributed by atoms with Crippen LogP contribution in [0.4, 0.5) is 17.2 Å². The maximum atomic E-state index is 12.9. The van der Waals surface area contributed by atoms with Crippen molar-refractivity contribution in [2.75, 3.05) is 47.6 Å². The zero-order valence-electron chi connectivity index (χ0n) is 22.0. The van der Waals surface area contributed by atoms with Crippen molar-refractivity contribution in [3.8, 4) is 0 Å². The van der Waals surface area contributed by atoms with Crippen molar-refractivity contribution >= 4 is 34.9 Å². The Bertz CT molecular complexity index is 883. The number of thioether (sulfide) groups is 1. The molecule has 0 radical (unpaired) electrons. The first-order chi connectivity index (χ1) is 16.5. The van der Waals surface area contributed by atoms with Crippen molar-refractivity contribution in [1.82, 2.24) is 9.97 Å². The first-order valence-corrected chi connectivity index (χ1v) is 14.0. The average molecular weight is 486 g/mol. The van der Waals surface area contributed by atoms with Crippen LogP contribution < -0.4 is 15.1 Å². The van der Waals surface area contributed by atoms with Gasteiger partial charge in [0.2, 0.25) is 5.91 Å². The molecule has 1 heterocycles. The summed E-state index contributed by atoms with van der Waals surface area (Å²) in [5.41, 5.74) is 3.37. The minimum atomic E-state index is 0.0162. The van der Waals surface area contributed by atoms with E-state index < -0.39 is 0 Å². The molecule has 0 atom stereocenters. The summed E-state index contributed by atoms with van der Waals surface area (Å²) in [5.74, 6) is 1.55. The van der Waals surface area contributed by atoms with Gasteiger partial charge in [0.15, 0.2) is 5.82 Å². The highest BCUT2D eigenvalue weighted by atomic mass is 32.2. The molecule has 0 bridgehead atoms. The molecule has 0 aliphatic rings. The molecule has 0 saturated carbocycles. The van der Waals surface area contributed by atoms with E-state index in [-0.39, 0.29) is 5.91 Å². The molecule has 0 aliphatic carbocycles. The van der Waals surface area contributed by atoms with E-state index in [1.54, 1.807) is 11.8 Å². The third-order valence-electron chi connectivity index (χ3n) is 5.94. The Morgan fingerprint density at radius 2 is 1.65 bits per heavy atom. The molecule has 6 nitrogen and oxygen atoms in total. The minimum Gasteiger partial charge on any atom is -0.372 e. The molecule has 34 heavy (non-hydrogen) atoms. The Balaban J connectivity index is 2.03. The smallest absolute Gasteiger partial charge is 0.224 e. The fourth-order valence-corrected chi connectivity index (χ4v) is 4.64. The fourth-order valence-electron chi connectivity index (χ4n) is 4.07. The van der Waals surface area contributed by atoms with Crippen LogP contribution >= 0.6 is 11.8 Å². The van der Waals surface area contributed by atoms with E-state index >= 15 is 0 Å². The normalized spacial score (nSPS) is 10.9. The number of carbonyl (C=O) groups excluding carboxylic acids is 1. The van der Waals surface area contributed by atoms with Crippen molar-refractivity contribution < 1.29 is 4.79 Å². The summed E-state index contributed by atoms with van der Waals surface area (Å²) in [6, 6.07) is 8.95. The van der Waals surface area contributed by atoms with Gasteiger partial charge >= 0.3 is 0 Å². The van der Waals surface area contributed by atoms with E-state index in [0.717, 1.165) is 67.8 Å². The van der Waals surface area contributed by atoms with Crippen LogP contribution in [0.3, 0.4) is 0 Å². The molecule has 0 saturated heterocycles. The second-order valence-electron chi connectivity index (χ2n) is 8.56. The molecular formula is C27H43N5OS. The van der Waals surface area contributed by atoms with Crippen molar-refractivity contribution in [2.24, 2.45) is 0 Å². The summed E-state index contributed by atoms with van der Waals surface area (Å²) in [4.78, 5) is 26.7. The number of benzene rings is 1. The SMILES string of the molecule is CCCCc1ccc(N(CCC)CCCC(=O)Nc2c(SC)nc(C)nc2N(CC)CC)cc1. The summed E-state index contributed by atoms with van der Waals surface area (Å²) >= 11 is 1.54. The van der Waals surface area contributed by atoms with Crippen molar-refractivity contribution in [2.45, 2.75) is 78.2 Å². The number of amides is 1. The standard InChI is InChI=1S/C27H43N5OS/c1-7-11-13-22-15-17-23(18-16-22)32(19-8-2)20-12-14-24(33)30-25-26(31(9-3)10-4)28-21(5)29-27(25)34-6/h15-18H,7-14,19-20H2,1-6H3,(H,30,33). The maximum absolute atomic E-state index is 12.9. The summed E-state index contributed by atoms with van der Waals surface area (Å²) in [7, 11) is 0. The zero-order chi connectivity index (χ0) is 24.9. The van der Waals surface area contributed by atoms with Gasteiger partial charge in [0.05, 0.1) is 0 Å². The van der Waals surface area contributed by atoms with Crippen LogP contribution in [-0.2, 0) is 11.2 Å². The van der Waals surface area contributed by atoms with Gasteiger partial charge in [-0.3, -0.25) is 4.79 Å². The van der Waals surface area contributed by atoms with Crippen molar-refractivity contribution in [3.05, 3.63) is 35.7 Å². The molecule has 2 rings (SSSR count). The molecule has 0 fully saturated rings. The highest BCUT2D eigenvalue weighted by Gasteiger charge is 2.19. The van der Waals surface area contributed by atoms with Gasteiger partial charge in [0, 0.05) is 38.3 Å². The number of aryl methyl sites for hydroxylation is 2. The molecule has 0 unspecified atom stereocenters. The molecule has 0 spiro atoms. The van der Waals surface area contributed by atoms with Gasteiger partial charge in [-0.2, -0.15) is 0 Å². The number of hydrogen-bond donors (Lipinski definition) is 1. The van der Waals surface area contributed by atoms with Crippen LogP contribution in [-0.4, -0.2) is 48.3 Å². The highest BCUT2D eigenvalue weighted by Crippen LogP contribution is 2.32. The van der Waals surface area contributed by atoms with Crippen LogP contribution in [0.15, 0.2) is 29.3 Å². The number of unbranched alkanes of at least 4 members (excludes halogenated alkanes) is 1. The second kappa shape index (κ2) is 14.9. The predicted octanol–water partition coefficient (Wildman–Crippen LogP) is 6.33. The third-order valence-corrected chi connectivity index (χ3v) is 6.62. The van der Waals surface area contributed by atoms with E-state index in [1.807, 2.05) is 13.2 Å². The first-order valence-electron chi connectivity index (χ1n) is 12.8. The summed E-state index contributed by atoms with van der Waals surface area (Å²) in [5, 5.41) is 3.95. The number of hydrogen-bond acceptors (Lipinski definition) is 6. The van der Waals surface area contributed by atoms with Crippen LogP contribution in [0.1, 0.15) is 71.2 Å². The van der Waals surface area contributed by atoms with Crippen LogP contribution in [0.25, 0.3) is 0 Å². The van der Waals surface area contributed by atoms with E-state index in [4.69, 9.17) is 0 Å². The quantitative estimate of drug-likeness (QED) is 0.235. The lowest BCUT2D eigenvalue weighted by Crippen LogP contribution is -2.28. The largest absolute Gasteiger partial charge is 0.372 e. The molecule has 188 valence electrons. The Labute approximate surface area is 210 Å². The van der Waals surface area contributed by atoms with Gasteiger partial charge in [-0.1, -0.05) is 32.4 Å². The van der Waals surface area contributed by atoms with E-state index in [2.05, 4.69) is 77.0 Å². The first kappa shape index (κ1) is 28.0. The number of nitrogens with one attached hydrogen (secondary N) is 1. The van der Waals surface area contributed by atoms with Crippen molar-refractivity contribution in [3.63, 3.8) is 0 Å². The number of aromatic nitrogens is 2. The predicted molar refractivity (Wildman–Crippen MR) is 148 cm³/mol. The topological polar surface area (TPSA) is 61.4 Å². The molecule has 1 aromatic heterocycles. The Morgan fingerprint density at radius 1 is 0.941 bits per heavy atom. The maximum Gasteiger partial charge on any atom is 0.224 e. The van der Waals surface area contributed by atoms with Gasteiger partial charge in [-0.05, 0) is 70.4 Å². The molecule has 0 aliphatic heterocycles. The average Bonchev–Trinajstić information content (AvgIpc) is 2.84. The number of carbonyl (C=O) groups is 1. The van der Waals surface area contributed by atoms with Gasteiger partial charge in [0.25, 0.3) is 0 Å². The Kier molecular flexibility index (Phi) is 12.2. The summed E-state index contributed by atoms with van der Waals surface area (Å²) in [6.07, 6.45) is 7.91. The van der Waals surface area contributed by atoms with Crippen LogP contribution in [0.5, 0.6) is 0 Å². The van der Waals surface area contributed by atoms with Crippen LogP contribution in [0.2, 0.25) is 0 Å². The van der Waals surface area contributed by atoms with Gasteiger partial charge < -0.3 is 15.1 Å². The van der Waals surface area contributed by atoms with E-state index in [9.17, 15) is 4.79 Å². The Hall–Kier alpha value is -2.28. The third kappa shape index (κ3) is 8.19. The minimum absolute atomic E-state index is 0.0162. The summed E-state index contributed by atoms with van der Waals surface area (Å²) < 4.78 is 0. The molecule has 1 N–H and O–H groups in total. The molecule has 7 heteroatoms. The molecule has 1 amide bonds. The fraction of sp³-hybridized carbons (Fsp3) is 0.593. The number of rotatable bonds is 15. The molecular weight excluding hydrogens is 442 g/mol. The Morgan fingerprint density at radius 3 is 2.24 bits per heavy atom. The van der Waals surface area contributed by atoms with Crippen LogP contribution in [0, 0.1) is 6.92 Å². The van der Waals surface area contributed by atoms with Gasteiger partial charge in [-0.15, -0.1) is 11.8 Å². The number of anilines is 3. The molecule has 2 aromatic rings. The van der Waals surface area contributed by atoms with E-state index in [0.29, 0.717) is 6.42 Å². The lowest BCUT2D eigenvalue weighted by molar-refractivity contribution is -0.116. The van der Waals surface area contributed by atoms with E-state index in [1.165, 1.54) is 24.1 Å². The summed E-state index contributed by atoms with van der Waals surface area (Å²) in [6.45, 7) is 14.0. The monoisotopic (exact) mass is 485 g/mol. The highest BCUT2D eigenvalue weighted by molar-refractivity contribution is 7.98.